The van der Waals surface area contributed by atoms with Crippen molar-refractivity contribution in [3.05, 3.63) is 59.4 Å². The fourth-order valence-electron chi connectivity index (χ4n) is 3.39. The predicted molar refractivity (Wildman–Crippen MR) is 95.0 cm³/mol. The Hall–Kier alpha value is -3.09. The molecule has 2 aliphatic rings. The number of carbonyl (C=O) groups is 2. The highest BCUT2D eigenvalue weighted by Crippen LogP contribution is 2.31. The Morgan fingerprint density at radius 3 is 2.63 bits per heavy atom. The smallest absolute Gasteiger partial charge is 0.247 e. The average molecular weight is 370 g/mol. The Morgan fingerprint density at radius 1 is 1.11 bits per heavy atom. The highest BCUT2D eigenvalue weighted by Gasteiger charge is 2.34. The summed E-state index contributed by atoms with van der Waals surface area (Å²) < 4.78 is 24.3. The number of ether oxygens (including phenoxy) is 2. The second kappa shape index (κ2) is 7.26. The Labute approximate surface area is 155 Å². The Kier molecular flexibility index (Phi) is 4.66. The second-order valence-corrected chi connectivity index (χ2v) is 6.49. The molecule has 1 N–H and O–H groups in total. The summed E-state index contributed by atoms with van der Waals surface area (Å²) in [5, 5.41) is 2.77. The minimum absolute atomic E-state index is 0.140. The van der Waals surface area contributed by atoms with Crippen molar-refractivity contribution in [1.29, 1.82) is 0 Å². The summed E-state index contributed by atoms with van der Waals surface area (Å²) in [6, 6.07) is 10.3. The number of halogens is 1. The van der Waals surface area contributed by atoms with Crippen LogP contribution in [-0.2, 0) is 16.0 Å². The van der Waals surface area contributed by atoms with Crippen LogP contribution in [0.1, 0.15) is 17.2 Å². The summed E-state index contributed by atoms with van der Waals surface area (Å²) in [4.78, 5) is 26.9. The summed E-state index contributed by atoms with van der Waals surface area (Å²) in [7, 11) is 0. The lowest BCUT2D eigenvalue weighted by Gasteiger charge is -2.35. The molecule has 27 heavy (non-hydrogen) atoms. The summed E-state index contributed by atoms with van der Waals surface area (Å²) in [5.41, 5.74) is 1.37. The van der Waals surface area contributed by atoms with Crippen LogP contribution in [0.4, 0.5) is 4.39 Å². The molecule has 6 nitrogen and oxygen atoms in total. The van der Waals surface area contributed by atoms with Crippen molar-refractivity contribution in [3.8, 4) is 11.5 Å². The van der Waals surface area contributed by atoms with Crippen LogP contribution in [0.25, 0.3) is 0 Å². The van der Waals surface area contributed by atoms with E-state index in [9.17, 15) is 14.0 Å². The molecule has 2 aromatic rings. The number of benzene rings is 2. The van der Waals surface area contributed by atoms with Crippen LogP contribution >= 0.6 is 0 Å². The van der Waals surface area contributed by atoms with Crippen molar-refractivity contribution in [2.45, 2.75) is 12.5 Å². The highest BCUT2D eigenvalue weighted by molar-refractivity contribution is 5.90. The number of amides is 2. The first kappa shape index (κ1) is 17.3. The van der Waals surface area contributed by atoms with Gasteiger partial charge in [0.15, 0.2) is 11.5 Å². The first-order valence-corrected chi connectivity index (χ1v) is 8.83. The lowest BCUT2D eigenvalue weighted by Crippen LogP contribution is -2.52. The summed E-state index contributed by atoms with van der Waals surface area (Å²) in [6.07, 6.45) is 0.140. The third kappa shape index (κ3) is 3.58. The molecular weight excluding hydrogens is 351 g/mol. The van der Waals surface area contributed by atoms with Gasteiger partial charge in [0.1, 0.15) is 25.1 Å². The predicted octanol–water partition coefficient (Wildman–Crippen LogP) is 1.84. The topological polar surface area (TPSA) is 67.9 Å². The van der Waals surface area contributed by atoms with E-state index in [2.05, 4.69) is 5.32 Å². The monoisotopic (exact) mass is 370 g/mol. The van der Waals surface area contributed by atoms with Gasteiger partial charge in [0.2, 0.25) is 11.8 Å². The molecule has 1 unspecified atom stereocenters. The molecule has 1 atom stereocenters. The summed E-state index contributed by atoms with van der Waals surface area (Å²) >= 11 is 0. The summed E-state index contributed by atoms with van der Waals surface area (Å²) in [5.74, 6) is 0.473. The van der Waals surface area contributed by atoms with Gasteiger partial charge in [0.05, 0.1) is 6.42 Å². The zero-order valence-corrected chi connectivity index (χ0v) is 14.6. The molecule has 0 saturated carbocycles. The van der Waals surface area contributed by atoms with Gasteiger partial charge in [-0.3, -0.25) is 9.59 Å². The number of hydrogen-bond donors (Lipinski definition) is 1. The quantitative estimate of drug-likeness (QED) is 0.895. The van der Waals surface area contributed by atoms with Gasteiger partial charge in [-0.2, -0.15) is 0 Å². The molecule has 7 heteroatoms. The largest absolute Gasteiger partial charge is 0.486 e. The van der Waals surface area contributed by atoms with Crippen molar-refractivity contribution < 1.29 is 23.5 Å². The fourth-order valence-corrected chi connectivity index (χ4v) is 3.39. The maximum Gasteiger partial charge on any atom is 0.247 e. The lowest BCUT2D eigenvalue weighted by molar-refractivity contribution is -0.143. The molecule has 2 aliphatic heterocycles. The number of carbonyl (C=O) groups excluding carboxylic acids is 2. The zero-order valence-electron chi connectivity index (χ0n) is 14.6. The molecule has 0 aliphatic carbocycles. The maximum atomic E-state index is 13.2. The molecule has 140 valence electrons. The van der Waals surface area contributed by atoms with E-state index < -0.39 is 6.04 Å². The molecule has 1 fully saturated rings. The normalized spacial score (nSPS) is 18.8. The molecular formula is C20H19FN2O4. The average Bonchev–Trinajstić information content (AvgIpc) is 2.68. The van der Waals surface area contributed by atoms with E-state index in [1.807, 2.05) is 6.07 Å². The fraction of sp³-hybridized carbons (Fsp3) is 0.300. The van der Waals surface area contributed by atoms with E-state index in [1.54, 1.807) is 17.0 Å². The molecule has 0 spiro atoms. The summed E-state index contributed by atoms with van der Waals surface area (Å²) in [6.45, 7) is 1.78. The Balaban J connectivity index is 1.55. The Morgan fingerprint density at radius 2 is 1.85 bits per heavy atom. The third-order valence-electron chi connectivity index (χ3n) is 4.68. The molecule has 2 heterocycles. The first-order valence-electron chi connectivity index (χ1n) is 8.83. The van der Waals surface area contributed by atoms with E-state index in [-0.39, 0.29) is 24.1 Å². The van der Waals surface area contributed by atoms with Crippen LogP contribution in [0.5, 0.6) is 11.5 Å². The molecule has 0 radical (unpaired) electrons. The third-order valence-corrected chi connectivity index (χ3v) is 4.68. The number of piperazine rings is 1. The first-order chi connectivity index (χ1) is 13.1. The van der Waals surface area contributed by atoms with Gasteiger partial charge in [-0.25, -0.2) is 4.39 Å². The van der Waals surface area contributed by atoms with Gasteiger partial charge in [0, 0.05) is 13.1 Å². The van der Waals surface area contributed by atoms with Crippen LogP contribution in [0.3, 0.4) is 0 Å². The SMILES string of the molecule is O=C1NCCN(C(=O)Cc2ccc3c(c2)OCCO3)C1c1ccc(F)cc1. The molecule has 4 rings (SSSR count). The van der Waals surface area contributed by atoms with E-state index in [0.29, 0.717) is 43.4 Å². The molecule has 1 saturated heterocycles. The van der Waals surface area contributed by atoms with Gasteiger partial charge >= 0.3 is 0 Å². The minimum atomic E-state index is -0.760. The number of nitrogens with one attached hydrogen (secondary N) is 1. The second-order valence-electron chi connectivity index (χ2n) is 6.49. The number of hydrogen-bond acceptors (Lipinski definition) is 4. The van der Waals surface area contributed by atoms with Gasteiger partial charge < -0.3 is 19.7 Å². The van der Waals surface area contributed by atoms with Crippen LogP contribution in [0.2, 0.25) is 0 Å². The van der Waals surface area contributed by atoms with Crippen molar-refractivity contribution in [1.82, 2.24) is 10.2 Å². The number of fused-ring (bicyclic) bond motifs is 1. The van der Waals surface area contributed by atoms with E-state index in [1.165, 1.54) is 24.3 Å². The van der Waals surface area contributed by atoms with Crippen molar-refractivity contribution in [2.24, 2.45) is 0 Å². The Bertz CT molecular complexity index is 869. The number of rotatable bonds is 3. The van der Waals surface area contributed by atoms with E-state index in [4.69, 9.17) is 9.47 Å². The van der Waals surface area contributed by atoms with Crippen molar-refractivity contribution in [2.75, 3.05) is 26.3 Å². The highest BCUT2D eigenvalue weighted by atomic mass is 19.1. The van der Waals surface area contributed by atoms with Crippen LogP contribution in [0.15, 0.2) is 42.5 Å². The van der Waals surface area contributed by atoms with Crippen molar-refractivity contribution >= 4 is 11.8 Å². The van der Waals surface area contributed by atoms with Crippen LogP contribution in [0, 0.1) is 5.82 Å². The lowest BCUT2D eigenvalue weighted by atomic mass is 10.0. The van der Waals surface area contributed by atoms with Crippen LogP contribution in [-0.4, -0.2) is 43.0 Å². The maximum absolute atomic E-state index is 13.2. The van der Waals surface area contributed by atoms with Crippen LogP contribution < -0.4 is 14.8 Å². The molecule has 0 bridgehead atoms. The number of nitrogens with zero attached hydrogens (tertiary/aromatic N) is 1. The van der Waals surface area contributed by atoms with Gasteiger partial charge in [-0.1, -0.05) is 18.2 Å². The van der Waals surface area contributed by atoms with E-state index in [0.717, 1.165) is 5.56 Å². The van der Waals surface area contributed by atoms with Gasteiger partial charge in [-0.05, 0) is 35.4 Å². The van der Waals surface area contributed by atoms with Gasteiger partial charge in [0.25, 0.3) is 0 Å². The standard InChI is InChI=1S/C20H19FN2O4/c21-15-4-2-14(3-5-15)19-20(25)22-7-8-23(19)18(24)12-13-1-6-16-17(11-13)27-10-9-26-16/h1-6,11,19H,7-10,12H2,(H,22,25). The van der Waals surface area contributed by atoms with E-state index >= 15 is 0 Å². The van der Waals surface area contributed by atoms with Gasteiger partial charge in [-0.15, -0.1) is 0 Å². The van der Waals surface area contributed by atoms with Crippen molar-refractivity contribution in [3.63, 3.8) is 0 Å². The zero-order chi connectivity index (χ0) is 18.8. The molecule has 2 aromatic carbocycles. The minimum Gasteiger partial charge on any atom is -0.486 e. The molecule has 0 aromatic heterocycles. The molecule has 2 amide bonds.